The van der Waals surface area contributed by atoms with Gasteiger partial charge in [0.15, 0.2) is 5.69 Å². The van der Waals surface area contributed by atoms with Gasteiger partial charge in [-0.2, -0.15) is 0 Å². The fourth-order valence-electron chi connectivity index (χ4n) is 4.00. The molecule has 10 nitrogen and oxygen atoms in total. The van der Waals surface area contributed by atoms with Crippen LogP contribution in [0.15, 0.2) is 32.4 Å². The number of aromatic nitrogens is 2. The number of furan rings is 1. The van der Waals surface area contributed by atoms with Gasteiger partial charge in [-0.3, -0.25) is 23.9 Å². The molecular weight excluding hydrogens is 426 g/mol. The van der Waals surface area contributed by atoms with E-state index >= 15 is 0 Å². The number of H-pyrrole nitrogens is 1. The largest absolute Gasteiger partial charge is 0.467 e. The highest BCUT2D eigenvalue weighted by Gasteiger charge is 2.38. The number of hydrogen-bond acceptors (Lipinski definition) is 6. The Morgan fingerprint density at radius 2 is 2.09 bits per heavy atom. The van der Waals surface area contributed by atoms with Crippen LogP contribution in [0, 0.1) is 11.8 Å². The average molecular weight is 460 g/mol. The van der Waals surface area contributed by atoms with Gasteiger partial charge in [0, 0.05) is 26.1 Å². The Kier molecular flexibility index (Phi) is 7.78. The molecule has 0 bridgehead atoms. The third kappa shape index (κ3) is 5.55. The van der Waals surface area contributed by atoms with Crippen molar-refractivity contribution in [1.82, 2.24) is 14.5 Å². The van der Waals surface area contributed by atoms with E-state index in [4.69, 9.17) is 10.2 Å². The van der Waals surface area contributed by atoms with Crippen molar-refractivity contribution < 1.29 is 14.0 Å². The molecule has 2 aromatic rings. The molecule has 0 aliphatic carbocycles. The second-order valence-corrected chi connectivity index (χ2v) is 8.93. The molecule has 1 aliphatic rings. The number of nitrogens with one attached hydrogen (secondary N) is 1. The lowest BCUT2D eigenvalue weighted by molar-refractivity contribution is -0.129. The van der Waals surface area contributed by atoms with Crippen LogP contribution < -0.4 is 21.9 Å². The quantitative estimate of drug-likeness (QED) is 0.557. The number of nitrogens with zero attached hydrogens (tertiary/aromatic N) is 3. The number of hydrogen-bond donors (Lipinski definition) is 2. The number of amides is 2. The summed E-state index contributed by atoms with van der Waals surface area (Å²) in [6, 6.07) is 3.52. The molecule has 0 radical (unpaired) electrons. The Bertz CT molecular complexity index is 1090. The van der Waals surface area contributed by atoms with Crippen LogP contribution in [0.4, 0.5) is 11.5 Å². The van der Waals surface area contributed by atoms with Crippen molar-refractivity contribution >= 4 is 23.3 Å². The minimum Gasteiger partial charge on any atom is -0.467 e. The zero-order valence-electron chi connectivity index (χ0n) is 19.5. The van der Waals surface area contributed by atoms with Crippen LogP contribution in [0.25, 0.3) is 0 Å². The summed E-state index contributed by atoms with van der Waals surface area (Å²) in [6.07, 6.45) is 3.76. The van der Waals surface area contributed by atoms with Crippen LogP contribution in [-0.2, 0) is 22.7 Å². The molecule has 33 heavy (non-hydrogen) atoms. The SMILES string of the molecule is CCCCn1c(N)c(N(CCC(C)C)C(=O)C2CC(=O)N(Cc3ccco3)C2)c(=O)[nH]c1=O. The first-order valence-electron chi connectivity index (χ1n) is 11.5. The summed E-state index contributed by atoms with van der Waals surface area (Å²) in [5.41, 5.74) is 4.97. The average Bonchev–Trinajstić information content (AvgIpc) is 3.39. The van der Waals surface area contributed by atoms with Crippen molar-refractivity contribution in [2.75, 3.05) is 23.7 Å². The standard InChI is InChI=1S/C23H33N5O5/c1-4-5-9-28-20(24)19(21(30)25-23(28)32)27(10-8-15(2)3)22(31)16-12-18(29)26(13-16)14-17-7-6-11-33-17/h6-7,11,15-16H,4-5,8-10,12-14,24H2,1-3H3,(H,25,30,32). The second-order valence-electron chi connectivity index (χ2n) is 8.93. The van der Waals surface area contributed by atoms with Crippen LogP contribution in [0.5, 0.6) is 0 Å². The van der Waals surface area contributed by atoms with Gasteiger partial charge in [0.1, 0.15) is 11.6 Å². The Balaban J connectivity index is 1.91. The number of carbonyl (C=O) groups excluding carboxylic acids is 2. The summed E-state index contributed by atoms with van der Waals surface area (Å²) in [7, 11) is 0. The van der Waals surface area contributed by atoms with E-state index < -0.39 is 17.2 Å². The molecule has 0 aromatic carbocycles. The highest BCUT2D eigenvalue weighted by atomic mass is 16.3. The third-order valence-corrected chi connectivity index (χ3v) is 5.91. The minimum absolute atomic E-state index is 0.0201. The number of rotatable bonds is 10. The lowest BCUT2D eigenvalue weighted by Crippen LogP contribution is -2.44. The number of nitrogen functional groups attached to an aromatic ring is 1. The van der Waals surface area contributed by atoms with E-state index in [0.717, 1.165) is 6.42 Å². The summed E-state index contributed by atoms with van der Waals surface area (Å²) < 4.78 is 6.63. The number of nitrogens with two attached hydrogens (primary N) is 1. The molecule has 10 heteroatoms. The van der Waals surface area contributed by atoms with Gasteiger partial charge in [-0.1, -0.05) is 27.2 Å². The van der Waals surface area contributed by atoms with E-state index in [9.17, 15) is 19.2 Å². The van der Waals surface area contributed by atoms with E-state index in [2.05, 4.69) is 4.98 Å². The molecule has 3 rings (SSSR count). The summed E-state index contributed by atoms with van der Waals surface area (Å²) in [5, 5.41) is 0. The molecule has 3 heterocycles. The van der Waals surface area contributed by atoms with Crippen LogP contribution in [0.2, 0.25) is 0 Å². The number of unbranched alkanes of at least 4 members (excludes halogenated alkanes) is 1. The van der Waals surface area contributed by atoms with Gasteiger partial charge < -0.3 is 20.0 Å². The molecule has 0 spiro atoms. The van der Waals surface area contributed by atoms with Gasteiger partial charge in [0.05, 0.1) is 18.7 Å². The van der Waals surface area contributed by atoms with Crippen molar-refractivity contribution in [1.29, 1.82) is 0 Å². The molecule has 1 fully saturated rings. The lowest BCUT2D eigenvalue weighted by Gasteiger charge is -2.27. The van der Waals surface area contributed by atoms with Crippen LogP contribution in [0.1, 0.15) is 52.2 Å². The monoisotopic (exact) mass is 459 g/mol. The Morgan fingerprint density at radius 3 is 2.73 bits per heavy atom. The predicted molar refractivity (Wildman–Crippen MR) is 125 cm³/mol. The molecule has 2 aromatic heterocycles. The smallest absolute Gasteiger partial charge is 0.330 e. The third-order valence-electron chi connectivity index (χ3n) is 5.91. The fraction of sp³-hybridized carbons (Fsp3) is 0.565. The molecule has 2 amide bonds. The van der Waals surface area contributed by atoms with Gasteiger partial charge in [-0.15, -0.1) is 0 Å². The summed E-state index contributed by atoms with van der Waals surface area (Å²) in [5.74, 6) is -0.225. The van der Waals surface area contributed by atoms with E-state index in [0.29, 0.717) is 25.1 Å². The predicted octanol–water partition coefficient (Wildman–Crippen LogP) is 1.94. The molecule has 0 saturated carbocycles. The normalized spacial score (nSPS) is 16.1. The lowest BCUT2D eigenvalue weighted by atomic mass is 10.0. The van der Waals surface area contributed by atoms with E-state index in [1.54, 1.807) is 17.0 Å². The molecule has 1 saturated heterocycles. The Morgan fingerprint density at radius 1 is 1.33 bits per heavy atom. The van der Waals surface area contributed by atoms with Gasteiger partial charge >= 0.3 is 5.69 Å². The maximum Gasteiger partial charge on any atom is 0.330 e. The van der Waals surface area contributed by atoms with Crippen molar-refractivity contribution in [2.24, 2.45) is 11.8 Å². The number of likely N-dealkylation sites (tertiary alicyclic amines) is 1. The zero-order chi connectivity index (χ0) is 24.1. The van der Waals surface area contributed by atoms with Gasteiger partial charge in [0.2, 0.25) is 11.8 Å². The molecule has 1 atom stereocenters. The molecule has 3 N–H and O–H groups in total. The van der Waals surface area contributed by atoms with Gasteiger partial charge in [-0.05, 0) is 30.9 Å². The topological polar surface area (TPSA) is 135 Å². The van der Waals surface area contributed by atoms with E-state index in [1.165, 1.54) is 15.7 Å². The highest BCUT2D eigenvalue weighted by molar-refractivity contribution is 6.00. The number of aromatic amines is 1. The maximum atomic E-state index is 13.6. The first-order chi connectivity index (χ1) is 15.7. The second kappa shape index (κ2) is 10.5. The van der Waals surface area contributed by atoms with Gasteiger partial charge in [-0.25, -0.2) is 4.79 Å². The molecular formula is C23H33N5O5. The zero-order valence-corrected chi connectivity index (χ0v) is 19.5. The first-order valence-corrected chi connectivity index (χ1v) is 11.5. The van der Waals surface area contributed by atoms with Crippen molar-refractivity contribution in [2.45, 2.75) is 59.5 Å². The molecule has 1 unspecified atom stereocenters. The van der Waals surface area contributed by atoms with E-state index in [-0.39, 0.29) is 55.3 Å². The van der Waals surface area contributed by atoms with Crippen LogP contribution in [-0.4, -0.2) is 39.4 Å². The van der Waals surface area contributed by atoms with Crippen LogP contribution >= 0.6 is 0 Å². The summed E-state index contributed by atoms with van der Waals surface area (Å²) >= 11 is 0. The molecule has 1 aliphatic heterocycles. The molecule has 180 valence electrons. The van der Waals surface area contributed by atoms with E-state index in [1.807, 2.05) is 20.8 Å². The first kappa shape index (κ1) is 24.3. The summed E-state index contributed by atoms with van der Waals surface area (Å²) in [4.78, 5) is 56.5. The number of carbonyl (C=O) groups is 2. The maximum absolute atomic E-state index is 13.6. The van der Waals surface area contributed by atoms with Crippen LogP contribution in [0.3, 0.4) is 0 Å². The van der Waals surface area contributed by atoms with Crippen molar-refractivity contribution in [3.8, 4) is 0 Å². The highest BCUT2D eigenvalue weighted by Crippen LogP contribution is 2.26. The summed E-state index contributed by atoms with van der Waals surface area (Å²) in [6.45, 7) is 7.13. The fourth-order valence-corrected chi connectivity index (χ4v) is 4.00. The minimum atomic E-state index is -0.695. The van der Waals surface area contributed by atoms with Crippen molar-refractivity contribution in [3.05, 3.63) is 45.0 Å². The number of anilines is 2. The van der Waals surface area contributed by atoms with Crippen molar-refractivity contribution in [3.63, 3.8) is 0 Å². The Hall–Kier alpha value is -3.30. The van der Waals surface area contributed by atoms with Gasteiger partial charge in [0.25, 0.3) is 5.56 Å². The Labute approximate surface area is 192 Å².